The smallest absolute Gasteiger partial charge is 0.321 e. The van der Waals surface area contributed by atoms with Gasteiger partial charge in [0.25, 0.3) is 0 Å². The molecule has 1 fully saturated rings. The second kappa shape index (κ2) is 6.76. The molecule has 102 valence electrons. The predicted molar refractivity (Wildman–Crippen MR) is 72.7 cm³/mol. The molecule has 0 aromatic carbocycles. The highest BCUT2D eigenvalue weighted by Gasteiger charge is 2.25. The van der Waals surface area contributed by atoms with Crippen molar-refractivity contribution >= 4 is 6.01 Å². The molecule has 1 saturated carbocycles. The van der Waals surface area contributed by atoms with Gasteiger partial charge in [-0.05, 0) is 38.0 Å². The number of aromatic nitrogens is 2. The number of nitrogens with one attached hydrogen (secondary N) is 1. The highest BCUT2D eigenvalue weighted by molar-refractivity contribution is 5.19. The van der Waals surface area contributed by atoms with E-state index < -0.39 is 0 Å². The molecule has 1 aromatic rings. The Balaban J connectivity index is 1.83. The van der Waals surface area contributed by atoms with Crippen molar-refractivity contribution in [3.63, 3.8) is 0 Å². The molecule has 0 unspecified atom stereocenters. The van der Waals surface area contributed by atoms with E-state index in [4.69, 9.17) is 4.52 Å². The standard InChI is InChI=1S/C14H25N3O/c1-3-5-11-6-8-12(9-7-11)13-16-14(18-17-13)15-10-4-2/h11-12H,3-10H2,1-2H3,(H,15,16,17). The first-order chi connectivity index (χ1) is 8.83. The Kier molecular flexibility index (Phi) is 5.02. The van der Waals surface area contributed by atoms with Crippen LogP contribution in [0.4, 0.5) is 6.01 Å². The minimum Gasteiger partial charge on any atom is -0.338 e. The lowest BCUT2D eigenvalue weighted by Gasteiger charge is -2.26. The summed E-state index contributed by atoms with van der Waals surface area (Å²) in [4.78, 5) is 4.45. The van der Waals surface area contributed by atoms with Crippen molar-refractivity contribution in [2.75, 3.05) is 11.9 Å². The van der Waals surface area contributed by atoms with E-state index in [0.29, 0.717) is 11.9 Å². The van der Waals surface area contributed by atoms with E-state index in [0.717, 1.165) is 24.7 Å². The highest BCUT2D eigenvalue weighted by atomic mass is 16.5. The second-order valence-electron chi connectivity index (χ2n) is 5.39. The van der Waals surface area contributed by atoms with Gasteiger partial charge in [-0.25, -0.2) is 0 Å². The fourth-order valence-electron chi connectivity index (χ4n) is 2.82. The average Bonchev–Trinajstić information content (AvgIpc) is 2.86. The van der Waals surface area contributed by atoms with E-state index in [1.807, 2.05) is 0 Å². The molecule has 1 aliphatic rings. The maximum absolute atomic E-state index is 5.22. The van der Waals surface area contributed by atoms with E-state index in [1.165, 1.54) is 38.5 Å². The van der Waals surface area contributed by atoms with E-state index in [-0.39, 0.29) is 0 Å². The van der Waals surface area contributed by atoms with Crippen LogP contribution in [-0.4, -0.2) is 16.7 Å². The molecular weight excluding hydrogens is 226 g/mol. The van der Waals surface area contributed by atoms with Crippen LogP contribution in [0.3, 0.4) is 0 Å². The summed E-state index contributed by atoms with van der Waals surface area (Å²) in [5, 5.41) is 7.26. The van der Waals surface area contributed by atoms with Crippen molar-refractivity contribution in [1.29, 1.82) is 0 Å². The Hall–Kier alpha value is -1.06. The van der Waals surface area contributed by atoms with Gasteiger partial charge in [0.1, 0.15) is 0 Å². The van der Waals surface area contributed by atoms with E-state index in [2.05, 4.69) is 29.3 Å². The van der Waals surface area contributed by atoms with Crippen LogP contribution in [0.1, 0.15) is 70.5 Å². The summed E-state index contributed by atoms with van der Waals surface area (Å²) in [5.74, 6) is 2.35. The molecule has 2 rings (SSSR count). The van der Waals surface area contributed by atoms with Gasteiger partial charge in [0.15, 0.2) is 5.82 Å². The molecule has 0 spiro atoms. The number of anilines is 1. The molecule has 4 nitrogen and oxygen atoms in total. The third-order valence-electron chi connectivity index (χ3n) is 3.88. The van der Waals surface area contributed by atoms with Gasteiger partial charge >= 0.3 is 6.01 Å². The van der Waals surface area contributed by atoms with Gasteiger partial charge in [-0.3, -0.25) is 0 Å². The van der Waals surface area contributed by atoms with Gasteiger partial charge in [0.05, 0.1) is 0 Å². The molecule has 1 heterocycles. The second-order valence-corrected chi connectivity index (χ2v) is 5.39. The molecule has 0 saturated heterocycles. The Bertz CT molecular complexity index is 343. The van der Waals surface area contributed by atoms with Crippen LogP contribution in [0, 0.1) is 5.92 Å². The monoisotopic (exact) mass is 251 g/mol. The summed E-state index contributed by atoms with van der Waals surface area (Å²) in [6, 6.07) is 0.586. The summed E-state index contributed by atoms with van der Waals surface area (Å²) in [6.07, 6.45) is 8.84. The van der Waals surface area contributed by atoms with Crippen LogP contribution in [0.5, 0.6) is 0 Å². The molecule has 0 aliphatic heterocycles. The third-order valence-corrected chi connectivity index (χ3v) is 3.88. The summed E-state index contributed by atoms with van der Waals surface area (Å²) >= 11 is 0. The predicted octanol–water partition coefficient (Wildman–Crippen LogP) is 3.97. The van der Waals surface area contributed by atoms with E-state index in [1.54, 1.807) is 0 Å². The molecule has 0 bridgehead atoms. The molecule has 4 heteroatoms. The molecular formula is C14H25N3O. The molecule has 0 atom stereocenters. The average molecular weight is 251 g/mol. The SMILES string of the molecule is CCCNc1nc(C2CCC(CCC)CC2)no1. The van der Waals surface area contributed by atoms with Gasteiger partial charge in [0.2, 0.25) is 0 Å². The highest BCUT2D eigenvalue weighted by Crippen LogP contribution is 2.36. The van der Waals surface area contributed by atoms with E-state index in [9.17, 15) is 0 Å². The zero-order valence-corrected chi connectivity index (χ0v) is 11.6. The number of hydrogen-bond acceptors (Lipinski definition) is 4. The topological polar surface area (TPSA) is 51.0 Å². The normalized spacial score (nSPS) is 24.1. The molecule has 0 amide bonds. The van der Waals surface area contributed by atoms with Gasteiger partial charge < -0.3 is 9.84 Å². The lowest BCUT2D eigenvalue weighted by Crippen LogP contribution is -2.14. The van der Waals surface area contributed by atoms with Gasteiger partial charge in [-0.1, -0.05) is 31.8 Å². The third kappa shape index (κ3) is 3.47. The van der Waals surface area contributed by atoms with E-state index >= 15 is 0 Å². The van der Waals surface area contributed by atoms with Crippen LogP contribution in [-0.2, 0) is 0 Å². The lowest BCUT2D eigenvalue weighted by atomic mass is 9.80. The number of nitrogens with zero attached hydrogens (tertiary/aromatic N) is 2. The van der Waals surface area contributed by atoms with Crippen molar-refractivity contribution in [1.82, 2.24) is 10.1 Å². The zero-order chi connectivity index (χ0) is 12.8. The largest absolute Gasteiger partial charge is 0.338 e. The summed E-state index contributed by atoms with van der Waals surface area (Å²) < 4.78 is 5.22. The van der Waals surface area contributed by atoms with Crippen LogP contribution in [0.2, 0.25) is 0 Å². The van der Waals surface area contributed by atoms with Crippen molar-refractivity contribution in [2.45, 2.75) is 64.7 Å². The van der Waals surface area contributed by atoms with Gasteiger partial charge in [0, 0.05) is 12.5 Å². The van der Waals surface area contributed by atoms with Crippen LogP contribution >= 0.6 is 0 Å². The molecule has 1 aromatic heterocycles. The molecule has 1 N–H and O–H groups in total. The summed E-state index contributed by atoms with van der Waals surface area (Å²) in [7, 11) is 0. The first-order valence-electron chi connectivity index (χ1n) is 7.41. The molecule has 18 heavy (non-hydrogen) atoms. The maximum Gasteiger partial charge on any atom is 0.321 e. The quantitative estimate of drug-likeness (QED) is 0.831. The molecule has 0 radical (unpaired) electrons. The van der Waals surface area contributed by atoms with Gasteiger partial charge in [-0.2, -0.15) is 4.98 Å². The van der Waals surface area contributed by atoms with Crippen LogP contribution in [0.25, 0.3) is 0 Å². The van der Waals surface area contributed by atoms with Crippen molar-refractivity contribution < 1.29 is 4.52 Å². The maximum atomic E-state index is 5.22. The Morgan fingerprint density at radius 3 is 2.61 bits per heavy atom. The minimum absolute atomic E-state index is 0.513. The van der Waals surface area contributed by atoms with Crippen LogP contribution in [0.15, 0.2) is 4.52 Å². The zero-order valence-electron chi connectivity index (χ0n) is 11.6. The Morgan fingerprint density at radius 2 is 1.94 bits per heavy atom. The Labute approximate surface area is 110 Å². The van der Waals surface area contributed by atoms with Crippen molar-refractivity contribution in [3.8, 4) is 0 Å². The minimum atomic E-state index is 0.513. The fourth-order valence-corrected chi connectivity index (χ4v) is 2.82. The van der Waals surface area contributed by atoms with Crippen LogP contribution < -0.4 is 5.32 Å². The van der Waals surface area contributed by atoms with Crippen molar-refractivity contribution in [2.24, 2.45) is 5.92 Å². The van der Waals surface area contributed by atoms with Gasteiger partial charge in [-0.15, -0.1) is 0 Å². The summed E-state index contributed by atoms with van der Waals surface area (Å²) in [5.41, 5.74) is 0. The Morgan fingerprint density at radius 1 is 1.17 bits per heavy atom. The first-order valence-corrected chi connectivity index (χ1v) is 7.41. The van der Waals surface area contributed by atoms with Crippen molar-refractivity contribution in [3.05, 3.63) is 5.82 Å². The number of rotatable bonds is 6. The summed E-state index contributed by atoms with van der Waals surface area (Å²) in [6.45, 7) is 5.29. The first kappa shape index (κ1) is 13.4. The molecule has 1 aliphatic carbocycles. The lowest BCUT2D eigenvalue weighted by molar-refractivity contribution is 0.296. The fraction of sp³-hybridized carbons (Fsp3) is 0.857. The number of hydrogen-bond donors (Lipinski definition) is 1.